The summed E-state index contributed by atoms with van der Waals surface area (Å²) in [5.74, 6) is 2.12. The molecule has 4 rings (SSSR count). The summed E-state index contributed by atoms with van der Waals surface area (Å²) in [6.45, 7) is 2.04. The summed E-state index contributed by atoms with van der Waals surface area (Å²) in [5.41, 5.74) is 3.81. The maximum atomic E-state index is 10.8. The highest BCUT2D eigenvalue weighted by atomic mass is 35.5. The first kappa shape index (κ1) is 19.8. The molecule has 0 spiro atoms. The van der Waals surface area contributed by atoms with Crippen molar-refractivity contribution in [3.8, 4) is 22.9 Å². The maximum absolute atomic E-state index is 10.8. The molecule has 1 unspecified atom stereocenters. The van der Waals surface area contributed by atoms with E-state index in [9.17, 15) is 5.11 Å². The van der Waals surface area contributed by atoms with Gasteiger partial charge in [0, 0.05) is 37.7 Å². The smallest absolute Gasteiger partial charge is 0.139 e. The molecule has 0 saturated carbocycles. The minimum Gasteiger partial charge on any atom is -0.497 e. The van der Waals surface area contributed by atoms with Crippen LogP contribution in [0.2, 0.25) is 5.02 Å². The Morgan fingerprint density at radius 1 is 1.17 bits per heavy atom. The lowest BCUT2D eigenvalue weighted by molar-refractivity contribution is 0.104. The molecule has 0 radical (unpaired) electrons. The van der Waals surface area contributed by atoms with E-state index in [1.165, 1.54) is 0 Å². The second-order valence-electron chi connectivity index (χ2n) is 7.14. The summed E-state index contributed by atoms with van der Waals surface area (Å²) >= 11 is 6.31. The van der Waals surface area contributed by atoms with Crippen molar-refractivity contribution < 1.29 is 14.6 Å². The van der Waals surface area contributed by atoms with E-state index in [-0.39, 0.29) is 0 Å². The standard InChI is InChI=1S/C22H24ClN3O3/c1-28-15-9-14(10-16(11-15)29-2)21(27)13-26-8-7-19-20(12-26)25-22(24-19)17-5-3-4-6-18(17)23/h3-6,9-11,21,27H,7-8,12-13H2,1-2H3,(H,24,25). The fraction of sp³-hybridized carbons (Fsp3) is 0.318. The molecular formula is C22H24ClN3O3. The van der Waals surface area contributed by atoms with Crippen molar-refractivity contribution in [3.05, 3.63) is 64.4 Å². The molecule has 1 aliphatic rings. The van der Waals surface area contributed by atoms with Gasteiger partial charge in [-0.3, -0.25) is 4.90 Å². The van der Waals surface area contributed by atoms with Gasteiger partial charge in [0.2, 0.25) is 0 Å². The Morgan fingerprint density at radius 2 is 1.90 bits per heavy atom. The number of aromatic amines is 1. The fourth-order valence-electron chi connectivity index (χ4n) is 3.66. The molecule has 2 N–H and O–H groups in total. The number of hydrogen-bond donors (Lipinski definition) is 2. The Morgan fingerprint density at radius 3 is 2.59 bits per heavy atom. The van der Waals surface area contributed by atoms with Crippen LogP contribution in [-0.4, -0.2) is 47.3 Å². The molecule has 0 bridgehead atoms. The number of imidazole rings is 1. The average Bonchev–Trinajstić information content (AvgIpc) is 3.16. The van der Waals surface area contributed by atoms with Gasteiger partial charge in [-0.05, 0) is 29.8 Å². The number of hydrogen-bond acceptors (Lipinski definition) is 5. The van der Waals surface area contributed by atoms with E-state index in [1.807, 2.05) is 36.4 Å². The predicted octanol–water partition coefficient (Wildman–Crippen LogP) is 3.84. The number of aliphatic hydroxyl groups is 1. The van der Waals surface area contributed by atoms with Crippen molar-refractivity contribution in [2.24, 2.45) is 0 Å². The number of aromatic nitrogens is 2. The first-order chi connectivity index (χ1) is 14.1. The van der Waals surface area contributed by atoms with Crippen molar-refractivity contribution in [2.75, 3.05) is 27.3 Å². The zero-order valence-electron chi connectivity index (χ0n) is 16.5. The van der Waals surface area contributed by atoms with Gasteiger partial charge in [-0.15, -0.1) is 0 Å². The number of rotatable bonds is 6. The zero-order valence-corrected chi connectivity index (χ0v) is 17.2. The number of ether oxygens (including phenoxy) is 2. The number of aliphatic hydroxyl groups excluding tert-OH is 1. The predicted molar refractivity (Wildman–Crippen MR) is 113 cm³/mol. The van der Waals surface area contributed by atoms with Gasteiger partial charge < -0.3 is 19.6 Å². The van der Waals surface area contributed by atoms with E-state index in [1.54, 1.807) is 20.3 Å². The lowest BCUT2D eigenvalue weighted by Crippen LogP contribution is -2.34. The summed E-state index contributed by atoms with van der Waals surface area (Å²) in [4.78, 5) is 10.4. The molecule has 7 heteroatoms. The molecule has 29 heavy (non-hydrogen) atoms. The first-order valence-corrected chi connectivity index (χ1v) is 9.91. The maximum Gasteiger partial charge on any atom is 0.139 e. The molecular weight excluding hydrogens is 390 g/mol. The van der Waals surface area contributed by atoms with Crippen molar-refractivity contribution in [1.82, 2.24) is 14.9 Å². The zero-order chi connectivity index (χ0) is 20.4. The molecule has 0 saturated heterocycles. The van der Waals surface area contributed by atoms with Crippen molar-refractivity contribution >= 4 is 11.6 Å². The topological polar surface area (TPSA) is 70.6 Å². The largest absolute Gasteiger partial charge is 0.497 e. The van der Waals surface area contributed by atoms with E-state index in [2.05, 4.69) is 9.88 Å². The van der Waals surface area contributed by atoms with Crippen molar-refractivity contribution in [3.63, 3.8) is 0 Å². The summed E-state index contributed by atoms with van der Waals surface area (Å²) in [6.07, 6.45) is 0.177. The molecule has 0 aliphatic carbocycles. The van der Waals surface area contributed by atoms with Gasteiger partial charge in [-0.1, -0.05) is 23.7 Å². The number of methoxy groups -OCH3 is 2. The molecule has 1 aromatic heterocycles. The molecule has 152 valence electrons. The van der Waals surface area contributed by atoms with Crippen LogP contribution in [-0.2, 0) is 13.0 Å². The number of H-pyrrole nitrogens is 1. The highest BCUT2D eigenvalue weighted by Crippen LogP contribution is 2.30. The lowest BCUT2D eigenvalue weighted by atomic mass is 10.1. The molecule has 2 heterocycles. The number of nitrogens with one attached hydrogen (secondary N) is 1. The second kappa shape index (κ2) is 8.45. The van der Waals surface area contributed by atoms with Crippen LogP contribution in [0.15, 0.2) is 42.5 Å². The molecule has 0 fully saturated rings. The minimum absolute atomic E-state index is 0.510. The fourth-order valence-corrected chi connectivity index (χ4v) is 3.88. The Hall–Kier alpha value is -2.54. The first-order valence-electron chi connectivity index (χ1n) is 9.53. The third-order valence-electron chi connectivity index (χ3n) is 5.23. The Kier molecular flexibility index (Phi) is 5.76. The lowest BCUT2D eigenvalue weighted by Gasteiger charge is -2.28. The van der Waals surface area contributed by atoms with Crippen LogP contribution >= 0.6 is 11.6 Å². The highest BCUT2D eigenvalue weighted by Gasteiger charge is 2.23. The van der Waals surface area contributed by atoms with Gasteiger partial charge in [0.25, 0.3) is 0 Å². The summed E-state index contributed by atoms with van der Waals surface area (Å²) < 4.78 is 10.6. The molecule has 1 aliphatic heterocycles. The summed E-state index contributed by atoms with van der Waals surface area (Å²) in [6, 6.07) is 13.2. The van der Waals surface area contributed by atoms with Crippen LogP contribution in [0.25, 0.3) is 11.4 Å². The molecule has 1 atom stereocenters. The van der Waals surface area contributed by atoms with Gasteiger partial charge in [0.1, 0.15) is 17.3 Å². The Labute approximate surface area is 175 Å². The monoisotopic (exact) mass is 413 g/mol. The van der Waals surface area contributed by atoms with Crippen molar-refractivity contribution in [1.29, 1.82) is 0 Å². The SMILES string of the molecule is COc1cc(OC)cc(C(O)CN2CCc3nc(-c4ccccc4Cl)[nH]c3C2)c1. The van der Waals surface area contributed by atoms with E-state index in [0.717, 1.165) is 41.3 Å². The van der Waals surface area contributed by atoms with E-state index >= 15 is 0 Å². The Balaban J connectivity index is 1.49. The number of fused-ring (bicyclic) bond motifs is 1. The summed E-state index contributed by atoms with van der Waals surface area (Å²) in [7, 11) is 3.21. The van der Waals surface area contributed by atoms with Crippen LogP contribution in [0.4, 0.5) is 0 Å². The van der Waals surface area contributed by atoms with Crippen LogP contribution < -0.4 is 9.47 Å². The van der Waals surface area contributed by atoms with E-state index < -0.39 is 6.10 Å². The van der Waals surface area contributed by atoms with Gasteiger partial charge in [-0.25, -0.2) is 4.98 Å². The number of halogens is 1. The van der Waals surface area contributed by atoms with Gasteiger partial charge in [-0.2, -0.15) is 0 Å². The number of nitrogens with zero attached hydrogens (tertiary/aromatic N) is 2. The van der Waals surface area contributed by atoms with Crippen LogP contribution in [0.1, 0.15) is 23.1 Å². The molecule has 2 aromatic carbocycles. The quantitative estimate of drug-likeness (QED) is 0.642. The highest BCUT2D eigenvalue weighted by molar-refractivity contribution is 6.33. The van der Waals surface area contributed by atoms with Crippen LogP contribution in [0, 0.1) is 0 Å². The molecule has 3 aromatic rings. The number of benzene rings is 2. The van der Waals surface area contributed by atoms with Crippen molar-refractivity contribution in [2.45, 2.75) is 19.1 Å². The minimum atomic E-state index is -0.647. The second-order valence-corrected chi connectivity index (χ2v) is 7.54. The molecule has 6 nitrogen and oxygen atoms in total. The average molecular weight is 414 g/mol. The van der Waals surface area contributed by atoms with E-state index in [4.69, 9.17) is 26.1 Å². The number of β-amino-alcohol motifs (C(OH)–C–C–N with tert-alkyl or cyclic N) is 1. The Bertz CT molecular complexity index is 982. The molecule has 0 amide bonds. The summed E-state index contributed by atoms with van der Waals surface area (Å²) in [5, 5.41) is 11.5. The third-order valence-corrected chi connectivity index (χ3v) is 5.56. The van der Waals surface area contributed by atoms with Gasteiger partial charge >= 0.3 is 0 Å². The van der Waals surface area contributed by atoms with E-state index in [0.29, 0.717) is 29.6 Å². The normalized spacial score (nSPS) is 15.0. The van der Waals surface area contributed by atoms with Gasteiger partial charge in [0.05, 0.1) is 36.7 Å². The van der Waals surface area contributed by atoms with Crippen LogP contribution in [0.5, 0.6) is 11.5 Å². The van der Waals surface area contributed by atoms with Gasteiger partial charge in [0.15, 0.2) is 0 Å². The van der Waals surface area contributed by atoms with Crippen LogP contribution in [0.3, 0.4) is 0 Å². The third kappa shape index (κ3) is 4.24.